The van der Waals surface area contributed by atoms with Crippen molar-refractivity contribution in [1.29, 1.82) is 0 Å². The Morgan fingerprint density at radius 1 is 1.13 bits per heavy atom. The first kappa shape index (κ1) is 15.7. The van der Waals surface area contributed by atoms with Crippen LogP contribution in [0, 0.1) is 0 Å². The molecule has 0 fully saturated rings. The number of hydrogen-bond donors (Lipinski definition) is 0. The van der Waals surface area contributed by atoms with E-state index >= 15 is 0 Å². The van der Waals surface area contributed by atoms with Crippen molar-refractivity contribution in [3.8, 4) is 0 Å². The summed E-state index contributed by atoms with van der Waals surface area (Å²) in [5.74, 6) is -0.716. The van der Waals surface area contributed by atoms with E-state index in [1.54, 1.807) is 38.1 Å². The molecule has 2 aromatic rings. The van der Waals surface area contributed by atoms with Gasteiger partial charge in [-0.25, -0.2) is 8.42 Å². The molecule has 23 heavy (non-hydrogen) atoms. The highest BCUT2D eigenvalue weighted by Crippen LogP contribution is 2.35. The zero-order valence-electron chi connectivity index (χ0n) is 13.1. The molecule has 1 unspecified atom stereocenters. The van der Waals surface area contributed by atoms with Crippen molar-refractivity contribution in [3.05, 3.63) is 59.2 Å². The van der Waals surface area contributed by atoms with E-state index in [9.17, 15) is 13.2 Å². The zero-order valence-corrected chi connectivity index (χ0v) is 13.9. The molecule has 0 amide bonds. The Hall–Kier alpha value is -2.14. The lowest BCUT2D eigenvalue weighted by Crippen LogP contribution is -2.17. The van der Waals surface area contributed by atoms with E-state index in [4.69, 9.17) is 4.74 Å². The predicted molar refractivity (Wildman–Crippen MR) is 86.2 cm³/mol. The van der Waals surface area contributed by atoms with Gasteiger partial charge < -0.3 is 4.74 Å². The summed E-state index contributed by atoms with van der Waals surface area (Å²) in [4.78, 5) is 12.6. The van der Waals surface area contributed by atoms with Gasteiger partial charge in [-0.15, -0.1) is 0 Å². The molecule has 0 radical (unpaired) electrons. The topological polar surface area (TPSA) is 60.4 Å². The Morgan fingerprint density at radius 3 is 2.57 bits per heavy atom. The fourth-order valence-electron chi connectivity index (χ4n) is 2.91. The zero-order chi connectivity index (χ0) is 16.6. The third kappa shape index (κ3) is 2.65. The van der Waals surface area contributed by atoms with Gasteiger partial charge in [0.1, 0.15) is 0 Å². The molecule has 0 spiro atoms. The van der Waals surface area contributed by atoms with Crippen LogP contribution in [0.25, 0.3) is 0 Å². The smallest absolute Gasteiger partial charge is 0.313 e. The van der Waals surface area contributed by atoms with Gasteiger partial charge >= 0.3 is 5.97 Å². The van der Waals surface area contributed by atoms with Gasteiger partial charge in [0.15, 0.2) is 0 Å². The second-order valence-corrected chi connectivity index (χ2v) is 7.52. The van der Waals surface area contributed by atoms with E-state index in [0.717, 1.165) is 16.7 Å². The maximum atomic E-state index is 12.7. The standard InChI is InChI=1S/C18H18O4S/c1-3-22-18(19)12(2)13-8-9-17-15(10-13)11-14-6-4-5-7-16(14)23(17,20)21/h4-10,12H,3,11H2,1-2H3. The molecule has 0 saturated carbocycles. The summed E-state index contributed by atoms with van der Waals surface area (Å²) in [6.45, 7) is 3.86. The van der Waals surface area contributed by atoms with Crippen LogP contribution >= 0.6 is 0 Å². The summed E-state index contributed by atoms with van der Waals surface area (Å²) >= 11 is 0. The van der Waals surface area contributed by atoms with Gasteiger partial charge in [0.2, 0.25) is 9.84 Å². The van der Waals surface area contributed by atoms with Crippen LogP contribution < -0.4 is 0 Å². The van der Waals surface area contributed by atoms with E-state index in [1.807, 2.05) is 18.2 Å². The van der Waals surface area contributed by atoms with Crippen LogP contribution in [0.1, 0.15) is 36.5 Å². The quantitative estimate of drug-likeness (QED) is 0.692. The monoisotopic (exact) mass is 330 g/mol. The number of hydrogen-bond acceptors (Lipinski definition) is 4. The van der Waals surface area contributed by atoms with Crippen molar-refractivity contribution in [2.24, 2.45) is 0 Å². The van der Waals surface area contributed by atoms with Crippen LogP contribution in [0.3, 0.4) is 0 Å². The van der Waals surface area contributed by atoms with Crippen LogP contribution in [-0.4, -0.2) is 21.0 Å². The van der Waals surface area contributed by atoms with Crippen LogP contribution in [0.15, 0.2) is 52.3 Å². The molecule has 0 aliphatic carbocycles. The van der Waals surface area contributed by atoms with Crippen LogP contribution in [0.5, 0.6) is 0 Å². The summed E-state index contributed by atoms with van der Waals surface area (Å²) < 4.78 is 30.5. The van der Waals surface area contributed by atoms with Crippen LogP contribution in [0.4, 0.5) is 0 Å². The number of ether oxygens (including phenoxy) is 1. The second-order valence-electron chi connectivity index (χ2n) is 5.63. The summed E-state index contributed by atoms with van der Waals surface area (Å²) in [6.07, 6.45) is 0.550. The Bertz CT molecular complexity index is 868. The van der Waals surface area contributed by atoms with Gasteiger partial charge in [-0.2, -0.15) is 0 Å². The van der Waals surface area contributed by atoms with Gasteiger partial charge in [-0.3, -0.25) is 4.79 Å². The molecule has 1 aliphatic rings. The minimum atomic E-state index is -3.49. The minimum Gasteiger partial charge on any atom is -0.466 e. The average molecular weight is 330 g/mol. The van der Waals surface area contributed by atoms with E-state index in [-0.39, 0.29) is 5.97 Å². The molecular weight excluding hydrogens is 312 g/mol. The van der Waals surface area contributed by atoms with Crippen LogP contribution in [0.2, 0.25) is 0 Å². The van der Waals surface area contributed by atoms with Gasteiger partial charge in [0.05, 0.1) is 22.3 Å². The highest BCUT2D eigenvalue weighted by molar-refractivity contribution is 7.91. The molecular formula is C18H18O4S. The number of carbonyl (C=O) groups is 1. The second kappa shape index (κ2) is 5.81. The first-order valence-corrected chi connectivity index (χ1v) is 9.06. The third-order valence-corrected chi connectivity index (χ3v) is 6.11. The molecule has 0 saturated heterocycles. The lowest BCUT2D eigenvalue weighted by atomic mass is 9.96. The minimum absolute atomic E-state index is 0.300. The van der Waals surface area contributed by atoms with E-state index in [0.29, 0.717) is 22.8 Å². The van der Waals surface area contributed by atoms with Gasteiger partial charge in [0, 0.05) is 6.42 Å². The Balaban J connectivity index is 2.05. The molecule has 0 bridgehead atoms. The van der Waals surface area contributed by atoms with Crippen molar-refractivity contribution in [1.82, 2.24) is 0 Å². The van der Waals surface area contributed by atoms with Gasteiger partial charge in [-0.1, -0.05) is 30.3 Å². The van der Waals surface area contributed by atoms with Crippen molar-refractivity contribution in [3.63, 3.8) is 0 Å². The van der Waals surface area contributed by atoms with Crippen molar-refractivity contribution >= 4 is 15.8 Å². The summed E-state index contributed by atoms with van der Waals surface area (Å²) in [5.41, 5.74) is 2.30. The van der Waals surface area contributed by atoms with E-state index in [2.05, 4.69) is 0 Å². The van der Waals surface area contributed by atoms with Crippen molar-refractivity contribution < 1.29 is 17.9 Å². The lowest BCUT2D eigenvalue weighted by molar-refractivity contribution is -0.144. The number of carbonyl (C=O) groups excluding carboxylic acids is 1. The van der Waals surface area contributed by atoms with Gasteiger partial charge in [-0.05, 0) is 42.7 Å². The molecule has 0 aromatic heterocycles. The number of esters is 1. The van der Waals surface area contributed by atoms with E-state index in [1.165, 1.54) is 0 Å². The molecule has 0 N–H and O–H groups in total. The molecule has 4 nitrogen and oxygen atoms in total. The first-order chi connectivity index (χ1) is 10.9. The fourth-order valence-corrected chi connectivity index (χ4v) is 4.61. The summed E-state index contributed by atoms with van der Waals surface area (Å²) in [6, 6.07) is 12.2. The number of sulfone groups is 1. The molecule has 1 aliphatic heterocycles. The highest BCUT2D eigenvalue weighted by Gasteiger charge is 2.30. The maximum absolute atomic E-state index is 12.7. The molecule has 1 atom stereocenters. The summed E-state index contributed by atoms with van der Waals surface area (Å²) in [7, 11) is -3.49. The lowest BCUT2D eigenvalue weighted by Gasteiger charge is -2.21. The summed E-state index contributed by atoms with van der Waals surface area (Å²) in [5, 5.41) is 0. The van der Waals surface area contributed by atoms with Crippen LogP contribution in [-0.2, 0) is 25.8 Å². The first-order valence-electron chi connectivity index (χ1n) is 7.57. The largest absolute Gasteiger partial charge is 0.466 e. The average Bonchev–Trinajstić information content (AvgIpc) is 2.54. The molecule has 5 heteroatoms. The number of rotatable bonds is 3. The molecule has 2 aromatic carbocycles. The Morgan fingerprint density at radius 2 is 1.83 bits per heavy atom. The maximum Gasteiger partial charge on any atom is 0.313 e. The number of fused-ring (bicyclic) bond motifs is 2. The SMILES string of the molecule is CCOC(=O)C(C)c1ccc2c(c1)Cc1ccccc1S2(=O)=O. The number of benzene rings is 2. The molecule has 3 rings (SSSR count). The predicted octanol–water partition coefficient (Wildman–Crippen LogP) is 3.09. The highest BCUT2D eigenvalue weighted by atomic mass is 32.2. The fraction of sp³-hybridized carbons (Fsp3) is 0.278. The van der Waals surface area contributed by atoms with E-state index < -0.39 is 15.8 Å². The van der Waals surface area contributed by atoms with Crippen molar-refractivity contribution in [2.75, 3.05) is 6.61 Å². The normalized spacial score (nSPS) is 16.1. The third-order valence-electron chi connectivity index (χ3n) is 4.16. The van der Waals surface area contributed by atoms with Gasteiger partial charge in [0.25, 0.3) is 0 Å². The molecule has 1 heterocycles. The Kier molecular flexibility index (Phi) is 3.98. The van der Waals surface area contributed by atoms with Crippen molar-refractivity contribution in [2.45, 2.75) is 36.0 Å². The Labute approximate surface area is 136 Å². The molecule has 120 valence electrons.